The van der Waals surface area contributed by atoms with E-state index >= 15 is 0 Å². The lowest BCUT2D eigenvalue weighted by molar-refractivity contribution is 0.189. The molecule has 2 heteroatoms. The number of rotatable bonds is 8. The van der Waals surface area contributed by atoms with E-state index in [1.165, 1.54) is 5.56 Å². The molecule has 0 aliphatic rings. The van der Waals surface area contributed by atoms with Gasteiger partial charge >= 0.3 is 0 Å². The van der Waals surface area contributed by atoms with Crippen LogP contribution in [0.3, 0.4) is 0 Å². The van der Waals surface area contributed by atoms with Crippen LogP contribution in [-0.4, -0.2) is 12.6 Å². The maximum atomic E-state index is 6.13. The molecule has 2 nitrogen and oxygen atoms in total. The number of benzene rings is 1. The van der Waals surface area contributed by atoms with Crippen LogP contribution in [-0.2, 0) is 0 Å². The average molecular weight is 249 g/mol. The van der Waals surface area contributed by atoms with Gasteiger partial charge in [-0.25, -0.2) is 0 Å². The third-order valence-corrected chi connectivity index (χ3v) is 3.36. The van der Waals surface area contributed by atoms with Gasteiger partial charge in [-0.3, -0.25) is 0 Å². The molecule has 0 fully saturated rings. The first-order valence-electron chi connectivity index (χ1n) is 7.25. The minimum atomic E-state index is 0.324. The zero-order chi connectivity index (χ0) is 13.4. The molecule has 0 radical (unpaired) electrons. The van der Waals surface area contributed by atoms with Crippen LogP contribution in [0, 0.1) is 0 Å². The minimum Gasteiger partial charge on any atom is -0.490 e. The Bertz CT molecular complexity index is 334. The fourth-order valence-corrected chi connectivity index (χ4v) is 2.23. The summed E-state index contributed by atoms with van der Waals surface area (Å²) in [5.74, 6) is 1.04. The Balaban J connectivity index is 2.90. The van der Waals surface area contributed by atoms with Crippen molar-refractivity contribution in [3.8, 4) is 5.75 Å². The quantitative estimate of drug-likeness (QED) is 0.741. The van der Waals surface area contributed by atoms with Gasteiger partial charge in [0.15, 0.2) is 0 Å². The van der Waals surface area contributed by atoms with Crippen LogP contribution in [0.25, 0.3) is 0 Å². The molecule has 0 heterocycles. The summed E-state index contributed by atoms with van der Waals surface area (Å²) in [4.78, 5) is 0. The lowest BCUT2D eigenvalue weighted by Crippen LogP contribution is -2.22. The fraction of sp³-hybridized carbons (Fsp3) is 0.625. The summed E-state index contributed by atoms with van der Waals surface area (Å²) in [7, 11) is 0. The SMILES string of the molecule is CCNC(CC)c1ccccc1OC(CC)CC. The molecule has 1 unspecified atom stereocenters. The van der Waals surface area contributed by atoms with Crippen molar-refractivity contribution >= 4 is 0 Å². The highest BCUT2D eigenvalue weighted by atomic mass is 16.5. The van der Waals surface area contributed by atoms with E-state index in [4.69, 9.17) is 4.74 Å². The Morgan fingerprint density at radius 3 is 2.22 bits per heavy atom. The maximum Gasteiger partial charge on any atom is 0.124 e. The standard InChI is InChI=1S/C16H27NO/c1-5-13(6-2)18-16-12-10-9-11-14(16)15(7-3)17-8-4/h9-13,15,17H,5-8H2,1-4H3. The molecule has 18 heavy (non-hydrogen) atoms. The van der Waals surface area contributed by atoms with E-state index in [2.05, 4.69) is 57.3 Å². The zero-order valence-electron chi connectivity index (χ0n) is 12.2. The fourth-order valence-electron chi connectivity index (χ4n) is 2.23. The van der Waals surface area contributed by atoms with Crippen LogP contribution < -0.4 is 10.1 Å². The van der Waals surface area contributed by atoms with Gasteiger partial charge in [0.2, 0.25) is 0 Å². The van der Waals surface area contributed by atoms with Crippen molar-refractivity contribution in [3.05, 3.63) is 29.8 Å². The highest BCUT2D eigenvalue weighted by Crippen LogP contribution is 2.28. The van der Waals surface area contributed by atoms with Gasteiger partial charge in [0, 0.05) is 11.6 Å². The number of hydrogen-bond donors (Lipinski definition) is 1. The van der Waals surface area contributed by atoms with Crippen LogP contribution in [0.15, 0.2) is 24.3 Å². The van der Waals surface area contributed by atoms with Gasteiger partial charge in [-0.1, -0.05) is 45.9 Å². The molecule has 1 aromatic rings. The second kappa shape index (κ2) is 8.15. The zero-order valence-corrected chi connectivity index (χ0v) is 12.2. The van der Waals surface area contributed by atoms with E-state index in [1.54, 1.807) is 0 Å². The number of hydrogen-bond acceptors (Lipinski definition) is 2. The van der Waals surface area contributed by atoms with Gasteiger partial charge in [-0.2, -0.15) is 0 Å². The molecule has 0 spiro atoms. The first kappa shape index (κ1) is 15.0. The third kappa shape index (κ3) is 4.02. The number of nitrogens with one attached hydrogen (secondary N) is 1. The van der Waals surface area contributed by atoms with Gasteiger partial charge in [-0.15, -0.1) is 0 Å². The molecule has 0 saturated heterocycles. The summed E-state index contributed by atoms with van der Waals surface area (Å²) in [6.07, 6.45) is 3.52. The van der Waals surface area contributed by atoms with Gasteiger partial charge in [0.1, 0.15) is 5.75 Å². The van der Waals surface area contributed by atoms with Gasteiger partial charge in [0.05, 0.1) is 6.10 Å². The maximum absolute atomic E-state index is 6.13. The predicted molar refractivity (Wildman–Crippen MR) is 78.1 cm³/mol. The smallest absolute Gasteiger partial charge is 0.124 e. The molecule has 1 aromatic carbocycles. The van der Waals surface area contributed by atoms with E-state index in [9.17, 15) is 0 Å². The van der Waals surface area contributed by atoms with E-state index < -0.39 is 0 Å². The van der Waals surface area contributed by atoms with Crippen molar-refractivity contribution in [1.82, 2.24) is 5.32 Å². The van der Waals surface area contributed by atoms with E-state index in [0.717, 1.165) is 31.6 Å². The number of ether oxygens (including phenoxy) is 1. The van der Waals surface area contributed by atoms with E-state index in [1.807, 2.05) is 0 Å². The first-order chi connectivity index (χ1) is 8.76. The molecule has 0 aromatic heterocycles. The van der Waals surface area contributed by atoms with Crippen LogP contribution in [0.4, 0.5) is 0 Å². The molecule has 0 aliphatic carbocycles. The van der Waals surface area contributed by atoms with Crippen molar-refractivity contribution in [2.75, 3.05) is 6.54 Å². The largest absolute Gasteiger partial charge is 0.490 e. The van der Waals surface area contributed by atoms with Crippen LogP contribution >= 0.6 is 0 Å². The Morgan fingerprint density at radius 1 is 1.00 bits per heavy atom. The molecule has 102 valence electrons. The van der Waals surface area contributed by atoms with Crippen molar-refractivity contribution < 1.29 is 4.74 Å². The highest BCUT2D eigenvalue weighted by Gasteiger charge is 2.15. The summed E-state index contributed by atoms with van der Waals surface area (Å²) in [5, 5.41) is 3.52. The summed E-state index contributed by atoms with van der Waals surface area (Å²) in [6, 6.07) is 8.80. The molecule has 0 saturated carbocycles. The molecule has 1 atom stereocenters. The minimum absolute atomic E-state index is 0.324. The summed E-state index contributed by atoms with van der Waals surface area (Å²) >= 11 is 0. The summed E-state index contributed by atoms with van der Waals surface area (Å²) < 4.78 is 6.13. The Morgan fingerprint density at radius 2 is 1.67 bits per heavy atom. The van der Waals surface area contributed by atoms with Crippen LogP contribution in [0.1, 0.15) is 58.6 Å². The second-order valence-corrected chi connectivity index (χ2v) is 4.61. The van der Waals surface area contributed by atoms with Crippen molar-refractivity contribution in [3.63, 3.8) is 0 Å². The van der Waals surface area contributed by atoms with Crippen molar-refractivity contribution in [2.24, 2.45) is 0 Å². The molecular formula is C16H27NO. The second-order valence-electron chi connectivity index (χ2n) is 4.61. The lowest BCUT2D eigenvalue weighted by Gasteiger charge is -2.23. The Labute approximate surface area is 112 Å². The van der Waals surface area contributed by atoms with Gasteiger partial charge in [0.25, 0.3) is 0 Å². The predicted octanol–water partition coefficient (Wildman–Crippen LogP) is 4.31. The topological polar surface area (TPSA) is 21.3 Å². The third-order valence-electron chi connectivity index (χ3n) is 3.36. The Hall–Kier alpha value is -1.02. The summed E-state index contributed by atoms with van der Waals surface area (Å²) in [5.41, 5.74) is 1.29. The molecule has 0 amide bonds. The number of para-hydroxylation sites is 1. The van der Waals surface area contributed by atoms with Crippen molar-refractivity contribution in [1.29, 1.82) is 0 Å². The molecule has 1 N–H and O–H groups in total. The van der Waals surface area contributed by atoms with E-state index in [0.29, 0.717) is 12.1 Å². The van der Waals surface area contributed by atoms with Crippen molar-refractivity contribution in [2.45, 2.75) is 59.1 Å². The highest BCUT2D eigenvalue weighted by molar-refractivity contribution is 5.36. The monoisotopic (exact) mass is 249 g/mol. The Kier molecular flexibility index (Phi) is 6.81. The van der Waals surface area contributed by atoms with E-state index in [-0.39, 0.29) is 0 Å². The first-order valence-corrected chi connectivity index (χ1v) is 7.25. The normalized spacial score (nSPS) is 12.7. The molecule has 1 rings (SSSR count). The lowest BCUT2D eigenvalue weighted by atomic mass is 10.0. The summed E-state index contributed by atoms with van der Waals surface area (Å²) in [6.45, 7) is 9.70. The molecule has 0 aliphatic heterocycles. The molecule has 0 bridgehead atoms. The van der Waals surface area contributed by atoms with Crippen LogP contribution in [0.5, 0.6) is 5.75 Å². The average Bonchev–Trinajstić information content (AvgIpc) is 2.42. The van der Waals surface area contributed by atoms with Crippen LogP contribution in [0.2, 0.25) is 0 Å². The molecular weight excluding hydrogens is 222 g/mol. The van der Waals surface area contributed by atoms with Gasteiger partial charge in [-0.05, 0) is 31.9 Å². The van der Waals surface area contributed by atoms with Gasteiger partial charge < -0.3 is 10.1 Å².